The maximum atomic E-state index is 13.6. The molecular weight excluding hydrogens is 445 g/mol. The van der Waals surface area contributed by atoms with Gasteiger partial charge in [0.25, 0.3) is 0 Å². The third kappa shape index (κ3) is 4.81. The van der Waals surface area contributed by atoms with Crippen LogP contribution in [0.4, 0.5) is 4.39 Å². The summed E-state index contributed by atoms with van der Waals surface area (Å²) in [7, 11) is 0. The lowest BCUT2D eigenvalue weighted by molar-refractivity contribution is -0.132. The van der Waals surface area contributed by atoms with Gasteiger partial charge in [0.2, 0.25) is 17.7 Å². The molecule has 0 spiro atoms. The van der Waals surface area contributed by atoms with Crippen LogP contribution in [0.3, 0.4) is 0 Å². The number of hydrogen-bond acceptors (Lipinski definition) is 3. The minimum atomic E-state index is -0.943. The number of fused-ring (bicyclic) bond motifs is 3. The lowest BCUT2D eigenvalue weighted by Crippen LogP contribution is -2.53. The predicted molar refractivity (Wildman–Crippen MR) is 129 cm³/mol. The lowest BCUT2D eigenvalue weighted by atomic mass is 9.82. The van der Waals surface area contributed by atoms with Crippen molar-refractivity contribution in [2.45, 2.75) is 63.6 Å². The highest BCUT2D eigenvalue weighted by Gasteiger charge is 2.52. The molecule has 2 fully saturated rings. The van der Waals surface area contributed by atoms with Crippen LogP contribution in [0.2, 0.25) is 0 Å². The Kier molecular flexibility index (Phi) is 6.58. The van der Waals surface area contributed by atoms with Crippen LogP contribution in [0.1, 0.15) is 67.8 Å². The van der Waals surface area contributed by atoms with E-state index >= 15 is 0 Å². The zero-order valence-corrected chi connectivity index (χ0v) is 19.9. The number of halogens is 1. The van der Waals surface area contributed by atoms with Gasteiger partial charge in [-0.1, -0.05) is 36.4 Å². The molecule has 3 N–H and O–H groups in total. The van der Waals surface area contributed by atoms with E-state index in [2.05, 4.69) is 28.1 Å². The number of benzene rings is 2. The van der Waals surface area contributed by atoms with Crippen molar-refractivity contribution in [2.24, 2.45) is 17.8 Å². The van der Waals surface area contributed by atoms with Gasteiger partial charge in [0.1, 0.15) is 11.9 Å². The van der Waals surface area contributed by atoms with E-state index in [0.717, 1.165) is 38.5 Å². The maximum absolute atomic E-state index is 13.6. The molecule has 184 valence electrons. The van der Waals surface area contributed by atoms with Crippen LogP contribution in [0.5, 0.6) is 0 Å². The van der Waals surface area contributed by atoms with Crippen molar-refractivity contribution in [3.63, 3.8) is 0 Å². The second-order valence-electron chi connectivity index (χ2n) is 10.2. The first-order valence-corrected chi connectivity index (χ1v) is 12.6. The third-order valence-corrected chi connectivity index (χ3v) is 8.03. The van der Waals surface area contributed by atoms with Crippen LogP contribution in [-0.4, -0.2) is 23.8 Å². The normalized spacial score (nSPS) is 27.5. The minimum absolute atomic E-state index is 0.00191. The van der Waals surface area contributed by atoms with E-state index in [1.807, 2.05) is 12.1 Å². The molecule has 0 unspecified atom stereocenters. The second-order valence-corrected chi connectivity index (χ2v) is 10.2. The van der Waals surface area contributed by atoms with E-state index in [-0.39, 0.29) is 47.6 Å². The zero-order chi connectivity index (χ0) is 24.5. The fraction of sp³-hybridized carbons (Fsp3) is 0.464. The van der Waals surface area contributed by atoms with E-state index in [1.54, 1.807) is 0 Å². The Morgan fingerprint density at radius 1 is 0.943 bits per heavy atom. The minimum Gasteiger partial charge on any atom is -0.350 e. The highest BCUT2D eigenvalue weighted by Crippen LogP contribution is 2.49. The van der Waals surface area contributed by atoms with E-state index < -0.39 is 11.9 Å². The molecular formula is C28H32FN3O3. The van der Waals surface area contributed by atoms with Gasteiger partial charge < -0.3 is 16.0 Å². The van der Waals surface area contributed by atoms with Gasteiger partial charge in [-0.15, -0.1) is 0 Å². The SMILES string of the molecule is CC(=O)N[C@H](C(=O)N[C@H]1[C@@H]2CC[C@@H](C2)[C@H]1C(=O)N[C@H]1CCCc2ccccc21)c1ccc(F)cc1. The number of nitrogens with one attached hydrogen (secondary N) is 3. The summed E-state index contributed by atoms with van der Waals surface area (Å²) in [6.07, 6.45) is 5.87. The van der Waals surface area contributed by atoms with E-state index in [4.69, 9.17) is 0 Å². The highest BCUT2D eigenvalue weighted by molar-refractivity contribution is 5.89. The van der Waals surface area contributed by atoms with Gasteiger partial charge in [-0.2, -0.15) is 0 Å². The van der Waals surface area contributed by atoms with Crippen molar-refractivity contribution >= 4 is 17.7 Å². The highest BCUT2D eigenvalue weighted by atomic mass is 19.1. The van der Waals surface area contributed by atoms with Gasteiger partial charge in [-0.05, 0) is 79.2 Å². The summed E-state index contributed by atoms with van der Waals surface area (Å²) in [6.45, 7) is 1.35. The van der Waals surface area contributed by atoms with E-state index in [9.17, 15) is 18.8 Å². The Labute approximate surface area is 205 Å². The molecule has 6 nitrogen and oxygen atoms in total. The molecule has 3 aliphatic carbocycles. The van der Waals surface area contributed by atoms with Crippen LogP contribution < -0.4 is 16.0 Å². The number of carbonyl (C=O) groups is 3. The second kappa shape index (κ2) is 9.80. The summed E-state index contributed by atoms with van der Waals surface area (Å²) in [5, 5.41) is 9.09. The number of rotatable bonds is 6. The Bertz CT molecular complexity index is 1120. The molecule has 0 aliphatic heterocycles. The lowest BCUT2D eigenvalue weighted by Gasteiger charge is -2.34. The van der Waals surface area contributed by atoms with Gasteiger partial charge in [0.15, 0.2) is 0 Å². The first-order chi connectivity index (χ1) is 16.9. The molecule has 0 radical (unpaired) electrons. The Morgan fingerprint density at radius 2 is 1.69 bits per heavy atom. The van der Waals surface area contributed by atoms with Crippen molar-refractivity contribution < 1.29 is 18.8 Å². The molecule has 3 aliphatic rings. The number of aryl methyl sites for hydroxylation is 1. The summed E-state index contributed by atoms with van der Waals surface area (Å²) in [5.41, 5.74) is 2.99. The van der Waals surface area contributed by atoms with Gasteiger partial charge in [0, 0.05) is 13.0 Å². The third-order valence-electron chi connectivity index (χ3n) is 8.03. The molecule has 6 atom stereocenters. The summed E-state index contributed by atoms with van der Waals surface area (Å²) in [4.78, 5) is 38.8. The molecule has 0 saturated heterocycles. The molecule has 3 amide bonds. The van der Waals surface area contributed by atoms with Crippen molar-refractivity contribution in [2.75, 3.05) is 0 Å². The van der Waals surface area contributed by atoms with Crippen LogP contribution in [-0.2, 0) is 20.8 Å². The largest absolute Gasteiger partial charge is 0.350 e. The standard InChI is InChI=1S/C28H32FN3O3/c1-16(33)30-26(18-11-13-21(29)14-12-18)28(35)32-25-20-10-9-19(15-20)24(25)27(34)31-23-8-4-6-17-5-2-3-7-22(17)23/h2-3,5,7,11-14,19-20,23-26H,4,6,8-10,15H2,1H3,(H,30,33)(H,31,34)(H,32,35)/t19-,20+,23-,24+,25-,26-/m0/s1. The number of amides is 3. The van der Waals surface area contributed by atoms with Gasteiger partial charge in [-0.3, -0.25) is 14.4 Å². The van der Waals surface area contributed by atoms with Crippen molar-refractivity contribution in [3.8, 4) is 0 Å². The number of carbonyl (C=O) groups excluding carboxylic acids is 3. The summed E-state index contributed by atoms with van der Waals surface area (Å²) in [5.74, 6) is -0.943. The van der Waals surface area contributed by atoms with Crippen LogP contribution >= 0.6 is 0 Å². The van der Waals surface area contributed by atoms with Crippen LogP contribution in [0.25, 0.3) is 0 Å². The molecule has 2 aromatic carbocycles. The van der Waals surface area contributed by atoms with Gasteiger partial charge >= 0.3 is 0 Å². The molecule has 2 bridgehead atoms. The fourth-order valence-corrected chi connectivity index (χ4v) is 6.45. The first-order valence-electron chi connectivity index (χ1n) is 12.6. The Balaban J connectivity index is 1.33. The van der Waals surface area contributed by atoms with Gasteiger partial charge in [0.05, 0.1) is 12.0 Å². The van der Waals surface area contributed by atoms with Crippen LogP contribution in [0, 0.1) is 23.6 Å². The van der Waals surface area contributed by atoms with Crippen molar-refractivity contribution in [3.05, 3.63) is 71.0 Å². The Hall–Kier alpha value is -3.22. The van der Waals surface area contributed by atoms with Crippen LogP contribution in [0.15, 0.2) is 48.5 Å². The number of hydrogen-bond donors (Lipinski definition) is 3. The monoisotopic (exact) mass is 477 g/mol. The molecule has 2 saturated carbocycles. The topological polar surface area (TPSA) is 87.3 Å². The average Bonchev–Trinajstić information content (AvgIpc) is 3.45. The van der Waals surface area contributed by atoms with E-state index in [0.29, 0.717) is 5.56 Å². The van der Waals surface area contributed by atoms with Gasteiger partial charge in [-0.25, -0.2) is 4.39 Å². The van der Waals surface area contributed by atoms with Crippen molar-refractivity contribution in [1.29, 1.82) is 0 Å². The summed E-state index contributed by atoms with van der Waals surface area (Å²) in [6, 6.07) is 12.6. The quantitative estimate of drug-likeness (QED) is 0.593. The first kappa shape index (κ1) is 23.5. The summed E-state index contributed by atoms with van der Waals surface area (Å²) < 4.78 is 13.4. The molecule has 0 aromatic heterocycles. The van der Waals surface area contributed by atoms with Crippen molar-refractivity contribution in [1.82, 2.24) is 16.0 Å². The fourth-order valence-electron chi connectivity index (χ4n) is 6.45. The molecule has 2 aromatic rings. The zero-order valence-electron chi connectivity index (χ0n) is 19.9. The molecule has 35 heavy (non-hydrogen) atoms. The summed E-state index contributed by atoms with van der Waals surface area (Å²) >= 11 is 0. The maximum Gasteiger partial charge on any atom is 0.247 e. The molecule has 7 heteroatoms. The van der Waals surface area contributed by atoms with E-state index in [1.165, 1.54) is 42.3 Å². The molecule has 0 heterocycles. The molecule has 5 rings (SSSR count). The average molecular weight is 478 g/mol. The Morgan fingerprint density at radius 3 is 2.46 bits per heavy atom. The predicted octanol–water partition coefficient (Wildman–Crippen LogP) is 3.73. The smallest absolute Gasteiger partial charge is 0.247 e.